The van der Waals surface area contributed by atoms with Gasteiger partial charge in [-0.2, -0.15) is 0 Å². The van der Waals surface area contributed by atoms with Crippen LogP contribution in [0.25, 0.3) is 0 Å². The first kappa shape index (κ1) is 19.1. The van der Waals surface area contributed by atoms with Gasteiger partial charge >= 0.3 is 0 Å². The second-order valence-electron chi connectivity index (χ2n) is 7.32. The number of likely N-dealkylation sites (N-methyl/N-ethyl adjacent to an activating group) is 1. The summed E-state index contributed by atoms with van der Waals surface area (Å²) in [6.07, 6.45) is -0.0453. The average Bonchev–Trinajstić information content (AvgIpc) is 3.14. The molecule has 2 aliphatic heterocycles. The van der Waals surface area contributed by atoms with E-state index in [9.17, 15) is 9.59 Å². The van der Waals surface area contributed by atoms with Gasteiger partial charge < -0.3 is 24.0 Å². The van der Waals surface area contributed by atoms with Crippen molar-refractivity contribution >= 4 is 17.5 Å². The van der Waals surface area contributed by atoms with Gasteiger partial charge in [0, 0.05) is 31.8 Å². The lowest BCUT2D eigenvalue weighted by molar-refractivity contribution is -0.135. The third-order valence-electron chi connectivity index (χ3n) is 5.26. The fourth-order valence-corrected chi connectivity index (χ4v) is 3.76. The number of anilines is 1. The van der Waals surface area contributed by atoms with Crippen molar-refractivity contribution in [3.05, 3.63) is 48.5 Å². The number of hydrogen-bond acceptors (Lipinski definition) is 5. The molecule has 2 heterocycles. The van der Waals surface area contributed by atoms with Gasteiger partial charge in [0.25, 0.3) is 0 Å². The standard InChI is InChI=1S/C22H24N2O5/c1-23(13-18-14-28-19-8-3-4-9-20(19)29-18)22(26)15-10-21(25)24(12-15)16-6-5-7-17(11-16)27-2/h3-9,11,15,18H,10,12-14H2,1-2H3. The van der Waals surface area contributed by atoms with Gasteiger partial charge in [0.2, 0.25) is 11.8 Å². The summed E-state index contributed by atoms with van der Waals surface area (Å²) in [5, 5.41) is 0. The summed E-state index contributed by atoms with van der Waals surface area (Å²) in [6.45, 7) is 1.14. The van der Waals surface area contributed by atoms with Crippen molar-refractivity contribution in [2.75, 3.05) is 38.8 Å². The Hall–Kier alpha value is -3.22. The number of carbonyl (C=O) groups excluding carboxylic acids is 2. The van der Waals surface area contributed by atoms with Crippen molar-refractivity contribution in [2.24, 2.45) is 5.92 Å². The van der Waals surface area contributed by atoms with Crippen molar-refractivity contribution in [1.82, 2.24) is 4.90 Å². The number of amides is 2. The first-order valence-electron chi connectivity index (χ1n) is 9.63. The van der Waals surface area contributed by atoms with Crippen LogP contribution >= 0.6 is 0 Å². The number of hydrogen-bond donors (Lipinski definition) is 0. The largest absolute Gasteiger partial charge is 0.497 e. The molecule has 0 N–H and O–H groups in total. The maximum Gasteiger partial charge on any atom is 0.227 e. The van der Waals surface area contributed by atoms with Gasteiger partial charge in [-0.3, -0.25) is 9.59 Å². The van der Waals surface area contributed by atoms with Crippen LogP contribution in [0.2, 0.25) is 0 Å². The van der Waals surface area contributed by atoms with Crippen LogP contribution in [0.4, 0.5) is 5.69 Å². The molecule has 2 unspecified atom stereocenters. The molecule has 2 aliphatic rings. The molecule has 2 amide bonds. The molecule has 1 fully saturated rings. The zero-order chi connectivity index (χ0) is 20.4. The van der Waals surface area contributed by atoms with Crippen LogP contribution in [-0.4, -0.2) is 56.7 Å². The molecule has 0 saturated carbocycles. The molecule has 2 aromatic rings. The normalized spacial score (nSPS) is 20.5. The summed E-state index contributed by atoms with van der Waals surface area (Å²) in [5.74, 6) is 1.58. The minimum atomic E-state index is -0.379. The van der Waals surface area contributed by atoms with Crippen molar-refractivity contribution in [3.63, 3.8) is 0 Å². The fraction of sp³-hybridized carbons (Fsp3) is 0.364. The Bertz CT molecular complexity index is 916. The summed E-state index contributed by atoms with van der Waals surface area (Å²) in [5.41, 5.74) is 0.743. The highest BCUT2D eigenvalue weighted by Gasteiger charge is 2.37. The van der Waals surface area contributed by atoms with Crippen LogP contribution in [0.3, 0.4) is 0 Å². The second kappa shape index (κ2) is 8.03. The number of fused-ring (bicyclic) bond motifs is 1. The predicted octanol–water partition coefficient (Wildman–Crippen LogP) is 2.35. The van der Waals surface area contributed by atoms with Crippen LogP contribution in [-0.2, 0) is 9.59 Å². The molecule has 4 rings (SSSR count). The summed E-state index contributed by atoms with van der Waals surface area (Å²) in [4.78, 5) is 28.7. The van der Waals surface area contributed by atoms with Crippen molar-refractivity contribution < 1.29 is 23.8 Å². The van der Waals surface area contributed by atoms with E-state index in [1.807, 2.05) is 42.5 Å². The molecule has 7 nitrogen and oxygen atoms in total. The molecule has 152 valence electrons. The van der Waals surface area contributed by atoms with Crippen LogP contribution in [0.1, 0.15) is 6.42 Å². The van der Waals surface area contributed by atoms with Gasteiger partial charge in [-0.15, -0.1) is 0 Å². The van der Waals surface area contributed by atoms with Gasteiger partial charge in [-0.05, 0) is 24.3 Å². The lowest BCUT2D eigenvalue weighted by atomic mass is 10.1. The quantitative estimate of drug-likeness (QED) is 0.776. The zero-order valence-electron chi connectivity index (χ0n) is 16.5. The molecule has 0 spiro atoms. The number of para-hydroxylation sites is 2. The van der Waals surface area contributed by atoms with E-state index < -0.39 is 0 Å². The van der Waals surface area contributed by atoms with E-state index >= 15 is 0 Å². The van der Waals surface area contributed by atoms with E-state index in [4.69, 9.17) is 14.2 Å². The van der Waals surface area contributed by atoms with Crippen LogP contribution < -0.4 is 19.1 Å². The average molecular weight is 396 g/mol. The van der Waals surface area contributed by atoms with E-state index in [2.05, 4.69) is 0 Å². The maximum absolute atomic E-state index is 12.9. The molecule has 2 aromatic carbocycles. The lowest BCUT2D eigenvalue weighted by Gasteiger charge is -2.30. The SMILES string of the molecule is COc1cccc(N2CC(C(=O)N(C)CC3COc4ccccc4O3)CC2=O)c1. The Morgan fingerprint density at radius 1 is 1.21 bits per heavy atom. The van der Waals surface area contributed by atoms with Crippen LogP contribution in [0.15, 0.2) is 48.5 Å². The van der Waals surface area contributed by atoms with E-state index in [0.29, 0.717) is 36.9 Å². The summed E-state index contributed by atoms with van der Waals surface area (Å²) < 4.78 is 16.9. The Kier molecular flexibility index (Phi) is 5.29. The summed E-state index contributed by atoms with van der Waals surface area (Å²) in [6, 6.07) is 14.8. The Balaban J connectivity index is 1.37. The molecule has 0 aliphatic carbocycles. The maximum atomic E-state index is 12.9. The molecule has 0 aromatic heterocycles. The summed E-state index contributed by atoms with van der Waals surface area (Å²) >= 11 is 0. The molecule has 2 atom stereocenters. The van der Waals surface area contributed by atoms with Gasteiger partial charge in [-0.1, -0.05) is 18.2 Å². The number of methoxy groups -OCH3 is 1. The zero-order valence-corrected chi connectivity index (χ0v) is 16.5. The Morgan fingerprint density at radius 3 is 2.79 bits per heavy atom. The lowest BCUT2D eigenvalue weighted by Crippen LogP contribution is -2.44. The van der Waals surface area contributed by atoms with Gasteiger partial charge in [0.05, 0.1) is 19.6 Å². The number of benzene rings is 2. The summed E-state index contributed by atoms with van der Waals surface area (Å²) in [7, 11) is 3.33. The monoisotopic (exact) mass is 396 g/mol. The number of carbonyl (C=O) groups is 2. The van der Waals surface area contributed by atoms with Crippen molar-refractivity contribution in [2.45, 2.75) is 12.5 Å². The van der Waals surface area contributed by atoms with E-state index in [0.717, 1.165) is 5.69 Å². The highest BCUT2D eigenvalue weighted by molar-refractivity contribution is 6.00. The number of rotatable bonds is 5. The molecular weight excluding hydrogens is 372 g/mol. The van der Waals surface area contributed by atoms with E-state index in [-0.39, 0.29) is 30.3 Å². The van der Waals surface area contributed by atoms with Gasteiger partial charge in [-0.25, -0.2) is 0 Å². The number of nitrogens with zero attached hydrogens (tertiary/aromatic N) is 2. The third-order valence-corrected chi connectivity index (χ3v) is 5.26. The predicted molar refractivity (Wildman–Crippen MR) is 107 cm³/mol. The smallest absolute Gasteiger partial charge is 0.227 e. The second-order valence-corrected chi connectivity index (χ2v) is 7.32. The Morgan fingerprint density at radius 2 is 2.00 bits per heavy atom. The molecule has 7 heteroatoms. The number of ether oxygens (including phenoxy) is 3. The first-order valence-corrected chi connectivity index (χ1v) is 9.63. The molecular formula is C22H24N2O5. The van der Waals surface area contributed by atoms with Crippen LogP contribution in [0, 0.1) is 5.92 Å². The highest BCUT2D eigenvalue weighted by Crippen LogP contribution is 2.32. The van der Waals surface area contributed by atoms with Gasteiger partial charge in [0.15, 0.2) is 17.6 Å². The fourth-order valence-electron chi connectivity index (χ4n) is 3.76. The van der Waals surface area contributed by atoms with Crippen molar-refractivity contribution in [3.8, 4) is 17.2 Å². The minimum Gasteiger partial charge on any atom is -0.497 e. The molecule has 0 radical (unpaired) electrons. The minimum absolute atomic E-state index is 0.0591. The van der Waals surface area contributed by atoms with Crippen LogP contribution in [0.5, 0.6) is 17.2 Å². The topological polar surface area (TPSA) is 68.3 Å². The van der Waals surface area contributed by atoms with E-state index in [1.165, 1.54) is 0 Å². The Labute approximate surface area is 169 Å². The third kappa shape index (κ3) is 3.99. The molecule has 29 heavy (non-hydrogen) atoms. The molecule has 1 saturated heterocycles. The van der Waals surface area contributed by atoms with Crippen molar-refractivity contribution in [1.29, 1.82) is 0 Å². The highest BCUT2D eigenvalue weighted by atomic mass is 16.6. The first-order chi connectivity index (χ1) is 14.0. The van der Waals surface area contributed by atoms with Gasteiger partial charge in [0.1, 0.15) is 12.4 Å². The molecule has 0 bridgehead atoms. The van der Waals surface area contributed by atoms with E-state index in [1.54, 1.807) is 30.0 Å².